The van der Waals surface area contributed by atoms with Crippen molar-refractivity contribution in [2.75, 3.05) is 10.6 Å². The summed E-state index contributed by atoms with van der Waals surface area (Å²) in [6, 6.07) is 14.7. The minimum absolute atomic E-state index is 0.174. The smallest absolute Gasteiger partial charge is 0.257 e. The molecule has 2 amide bonds. The molecule has 0 saturated heterocycles. The van der Waals surface area contributed by atoms with Gasteiger partial charge in [-0.2, -0.15) is 0 Å². The van der Waals surface area contributed by atoms with E-state index in [9.17, 15) is 9.59 Å². The molecule has 0 aromatic heterocycles. The molecule has 2 atom stereocenters. The Bertz CT molecular complexity index is 1290. The number of alkyl halides is 2. The number of hydrogen-bond donors (Lipinski definition) is 2. The van der Waals surface area contributed by atoms with Gasteiger partial charge in [-0.1, -0.05) is 52.5 Å². The molecule has 0 radical (unpaired) electrons. The van der Waals surface area contributed by atoms with E-state index in [-0.39, 0.29) is 10.6 Å². The number of aryl methyl sites for hydroxylation is 1. The van der Waals surface area contributed by atoms with Gasteiger partial charge in [-0.15, -0.1) is 23.2 Å². The van der Waals surface area contributed by atoms with Gasteiger partial charge in [0.05, 0.1) is 16.5 Å². The molecule has 4 nitrogen and oxygen atoms in total. The molecule has 1 fully saturated rings. The molecular weight excluding hydrogens is 561 g/mol. The summed E-state index contributed by atoms with van der Waals surface area (Å²) in [5.74, 6) is -2.10. The van der Waals surface area contributed by atoms with E-state index in [1.807, 2.05) is 6.92 Å². The zero-order chi connectivity index (χ0) is 24.8. The molecule has 0 aliphatic heterocycles. The van der Waals surface area contributed by atoms with Crippen molar-refractivity contribution in [2.24, 2.45) is 5.92 Å². The highest BCUT2D eigenvalue weighted by atomic mass is 35.5. The summed E-state index contributed by atoms with van der Waals surface area (Å²) in [4.78, 5) is 25.8. The summed E-state index contributed by atoms with van der Waals surface area (Å²) in [6.45, 7) is 1.86. The average molecular weight is 577 g/mol. The maximum Gasteiger partial charge on any atom is 0.257 e. The molecule has 0 heterocycles. The molecule has 176 valence electrons. The first-order chi connectivity index (χ1) is 16.0. The highest BCUT2D eigenvalue weighted by Crippen LogP contribution is 2.65. The summed E-state index contributed by atoms with van der Waals surface area (Å²) in [5.41, 5.74) is 2.60. The van der Waals surface area contributed by atoms with Gasteiger partial charge in [0.1, 0.15) is 4.33 Å². The molecule has 34 heavy (non-hydrogen) atoms. The average Bonchev–Trinajstić information content (AvgIpc) is 3.33. The van der Waals surface area contributed by atoms with Crippen LogP contribution in [0.5, 0.6) is 0 Å². The van der Waals surface area contributed by atoms with Crippen LogP contribution in [0.2, 0.25) is 20.1 Å². The quantitative estimate of drug-likeness (QED) is 0.300. The molecule has 0 spiro atoms. The van der Waals surface area contributed by atoms with Crippen molar-refractivity contribution in [3.8, 4) is 0 Å². The first-order valence-electron chi connectivity index (χ1n) is 9.99. The first-order valence-corrected chi connectivity index (χ1v) is 12.3. The van der Waals surface area contributed by atoms with E-state index in [0.717, 1.165) is 5.56 Å². The van der Waals surface area contributed by atoms with Gasteiger partial charge in [0, 0.05) is 32.4 Å². The van der Waals surface area contributed by atoms with Crippen molar-refractivity contribution in [1.29, 1.82) is 0 Å². The predicted octanol–water partition coefficient (Wildman–Crippen LogP) is 8.39. The van der Waals surface area contributed by atoms with Crippen molar-refractivity contribution < 1.29 is 9.59 Å². The molecule has 1 aliphatic rings. The summed E-state index contributed by atoms with van der Waals surface area (Å²) >= 11 is 37.4. The van der Waals surface area contributed by atoms with E-state index in [1.54, 1.807) is 42.5 Å². The molecule has 1 saturated carbocycles. The van der Waals surface area contributed by atoms with Crippen LogP contribution >= 0.6 is 69.6 Å². The molecule has 10 heteroatoms. The van der Waals surface area contributed by atoms with Gasteiger partial charge in [-0.3, -0.25) is 9.59 Å². The molecule has 3 aromatic carbocycles. The Morgan fingerprint density at radius 3 is 2.06 bits per heavy atom. The van der Waals surface area contributed by atoms with Crippen LogP contribution in [0.3, 0.4) is 0 Å². The molecule has 2 N–H and O–H groups in total. The van der Waals surface area contributed by atoms with Gasteiger partial charge in [0.25, 0.3) is 5.91 Å². The van der Waals surface area contributed by atoms with Crippen LogP contribution in [-0.4, -0.2) is 16.1 Å². The van der Waals surface area contributed by atoms with Gasteiger partial charge >= 0.3 is 0 Å². The minimum Gasteiger partial charge on any atom is -0.326 e. The van der Waals surface area contributed by atoms with Crippen molar-refractivity contribution in [3.05, 3.63) is 91.4 Å². The third kappa shape index (κ3) is 5.28. The number of hydrogen-bond acceptors (Lipinski definition) is 2. The lowest BCUT2D eigenvalue weighted by Crippen LogP contribution is -2.18. The van der Waals surface area contributed by atoms with E-state index in [0.29, 0.717) is 32.0 Å². The second-order valence-corrected chi connectivity index (χ2v) is 11.1. The molecule has 4 rings (SSSR count). The largest absolute Gasteiger partial charge is 0.326 e. The van der Waals surface area contributed by atoms with Gasteiger partial charge < -0.3 is 10.6 Å². The maximum absolute atomic E-state index is 13.0. The summed E-state index contributed by atoms with van der Waals surface area (Å²) in [7, 11) is 0. The van der Waals surface area contributed by atoms with E-state index in [1.165, 1.54) is 12.1 Å². The Morgan fingerprint density at radius 1 is 0.794 bits per heavy atom. The molecular formula is C24H16Cl6N2O2. The summed E-state index contributed by atoms with van der Waals surface area (Å²) in [6.07, 6.45) is 0. The second-order valence-electron chi connectivity index (χ2n) is 7.93. The highest BCUT2D eigenvalue weighted by molar-refractivity contribution is 6.53. The number of nitrogens with one attached hydrogen (secondary N) is 2. The van der Waals surface area contributed by atoms with Gasteiger partial charge in [0.2, 0.25) is 5.91 Å². The van der Waals surface area contributed by atoms with E-state index in [4.69, 9.17) is 69.6 Å². The van der Waals surface area contributed by atoms with Crippen LogP contribution in [0.1, 0.15) is 27.4 Å². The predicted molar refractivity (Wildman–Crippen MR) is 141 cm³/mol. The molecule has 0 unspecified atom stereocenters. The third-order valence-corrected chi connectivity index (χ3v) is 7.60. The third-order valence-electron chi connectivity index (χ3n) is 5.49. The normalized spacial score (nSPS) is 18.3. The molecule has 0 bridgehead atoms. The first kappa shape index (κ1) is 25.4. The number of anilines is 2. The Hall–Kier alpha value is -1.66. The fourth-order valence-electron chi connectivity index (χ4n) is 3.69. The monoisotopic (exact) mass is 574 g/mol. The van der Waals surface area contributed by atoms with Crippen molar-refractivity contribution in [2.45, 2.75) is 17.2 Å². The minimum atomic E-state index is -1.32. The van der Waals surface area contributed by atoms with Gasteiger partial charge in [-0.25, -0.2) is 0 Å². The number of halogens is 6. The number of carbonyl (C=O) groups excluding carboxylic acids is 2. The number of benzene rings is 3. The lowest BCUT2D eigenvalue weighted by atomic mass is 10.1. The van der Waals surface area contributed by atoms with Crippen LogP contribution in [0.4, 0.5) is 11.4 Å². The van der Waals surface area contributed by atoms with Crippen LogP contribution < -0.4 is 10.6 Å². The SMILES string of the molecule is Cc1ccc(NC(=O)c2cc(NC(=O)[C@H]3[C@H](c4cc(Cl)cc(Cl)c4)C3(Cl)Cl)ccc2Cl)cc1Cl. The van der Waals surface area contributed by atoms with Crippen LogP contribution in [0.15, 0.2) is 54.6 Å². The fraction of sp³-hybridized carbons (Fsp3) is 0.167. The van der Waals surface area contributed by atoms with Crippen molar-refractivity contribution in [1.82, 2.24) is 0 Å². The van der Waals surface area contributed by atoms with Crippen molar-refractivity contribution in [3.63, 3.8) is 0 Å². The van der Waals surface area contributed by atoms with Gasteiger partial charge in [0.15, 0.2) is 0 Å². The molecule has 3 aromatic rings. The fourth-order valence-corrected chi connectivity index (χ4v) is 5.44. The number of amides is 2. The zero-order valence-corrected chi connectivity index (χ0v) is 22.0. The number of carbonyl (C=O) groups is 2. The summed E-state index contributed by atoms with van der Waals surface area (Å²) < 4.78 is -1.32. The van der Waals surface area contributed by atoms with E-state index < -0.39 is 28.0 Å². The van der Waals surface area contributed by atoms with Gasteiger partial charge in [-0.05, 0) is 66.6 Å². The summed E-state index contributed by atoms with van der Waals surface area (Å²) in [5, 5.41) is 7.08. The number of rotatable bonds is 5. The Morgan fingerprint density at radius 2 is 1.41 bits per heavy atom. The zero-order valence-electron chi connectivity index (χ0n) is 17.4. The Balaban J connectivity index is 1.51. The maximum atomic E-state index is 13.0. The second kappa shape index (κ2) is 9.77. The van der Waals surface area contributed by atoms with Crippen LogP contribution in [0, 0.1) is 12.8 Å². The van der Waals surface area contributed by atoms with Crippen LogP contribution in [-0.2, 0) is 4.79 Å². The Labute approximate surface area is 226 Å². The van der Waals surface area contributed by atoms with Crippen molar-refractivity contribution >= 4 is 92.8 Å². The molecule has 1 aliphatic carbocycles. The standard InChI is InChI=1S/C24H16Cl6N2O2/c1-11-2-3-16(10-19(11)28)31-22(33)17-9-15(4-5-18(17)27)32-23(34)21-20(24(21,29)30)12-6-13(25)8-14(26)7-12/h2-10,20-21H,1H3,(H,31,33)(H,32,34)/t20-,21+/m0/s1. The lowest BCUT2D eigenvalue weighted by Gasteiger charge is -2.11. The highest BCUT2D eigenvalue weighted by Gasteiger charge is 2.67. The van der Waals surface area contributed by atoms with E-state index >= 15 is 0 Å². The van der Waals surface area contributed by atoms with E-state index in [2.05, 4.69) is 10.6 Å². The topological polar surface area (TPSA) is 58.2 Å². The van der Waals surface area contributed by atoms with Crippen LogP contribution in [0.25, 0.3) is 0 Å². The Kier molecular flexibility index (Phi) is 7.31. The lowest BCUT2D eigenvalue weighted by molar-refractivity contribution is -0.117.